The Morgan fingerprint density at radius 3 is 2.00 bits per heavy atom. The minimum absolute atomic E-state index is 0.624. The maximum absolute atomic E-state index is 12.4. The highest BCUT2D eigenvalue weighted by molar-refractivity contribution is 6.67. The Bertz CT molecular complexity index is 434. The molecule has 0 saturated heterocycles. The first-order chi connectivity index (χ1) is 7.62. The van der Waals surface area contributed by atoms with Crippen molar-refractivity contribution in [1.82, 2.24) is 0 Å². The van der Waals surface area contributed by atoms with Gasteiger partial charge in [-0.05, 0) is 12.1 Å². The summed E-state index contributed by atoms with van der Waals surface area (Å²) in [5.74, 6) is 0. The topological polar surface area (TPSA) is 12.4 Å². The number of halogens is 7. The molecule has 0 spiro atoms. The molecule has 1 rings (SSSR count). The zero-order valence-corrected chi connectivity index (χ0v) is 8.66. The van der Waals surface area contributed by atoms with Crippen molar-refractivity contribution in [2.24, 2.45) is 4.99 Å². The number of rotatable bonds is 1. The summed E-state index contributed by atoms with van der Waals surface area (Å²) in [7, 11) is 0. The Balaban J connectivity index is 3.25. The molecule has 0 radical (unpaired) electrons. The quantitative estimate of drug-likeness (QED) is 0.527. The van der Waals surface area contributed by atoms with E-state index in [0.29, 0.717) is 6.07 Å². The van der Waals surface area contributed by atoms with Gasteiger partial charge < -0.3 is 0 Å². The highest BCUT2D eigenvalue weighted by atomic mass is 35.5. The van der Waals surface area contributed by atoms with Gasteiger partial charge in [0.05, 0.1) is 11.3 Å². The Morgan fingerprint density at radius 2 is 1.53 bits per heavy atom. The average Bonchev–Trinajstić information content (AvgIpc) is 2.15. The van der Waals surface area contributed by atoms with Gasteiger partial charge in [0, 0.05) is 0 Å². The predicted molar refractivity (Wildman–Crippen MR) is 50.4 cm³/mol. The lowest BCUT2D eigenvalue weighted by molar-refractivity contribution is -0.137. The molecule has 0 aliphatic rings. The first-order valence-corrected chi connectivity index (χ1v) is 4.48. The third kappa shape index (κ3) is 3.62. The van der Waals surface area contributed by atoms with Gasteiger partial charge in [0.2, 0.25) is 5.17 Å². The molecule has 0 bridgehead atoms. The van der Waals surface area contributed by atoms with Crippen LogP contribution in [0.25, 0.3) is 0 Å². The van der Waals surface area contributed by atoms with Gasteiger partial charge >= 0.3 is 12.4 Å². The smallest absolute Gasteiger partial charge is 0.232 e. The van der Waals surface area contributed by atoms with Crippen LogP contribution in [-0.2, 0) is 6.18 Å². The van der Waals surface area contributed by atoms with Gasteiger partial charge in [0.15, 0.2) is 0 Å². The second-order valence-corrected chi connectivity index (χ2v) is 3.27. The molecule has 0 amide bonds. The molecule has 17 heavy (non-hydrogen) atoms. The van der Waals surface area contributed by atoms with E-state index in [1.54, 1.807) is 0 Å². The van der Waals surface area contributed by atoms with Crippen LogP contribution >= 0.6 is 11.6 Å². The number of aliphatic imine (C=N–C) groups is 1. The van der Waals surface area contributed by atoms with E-state index in [1.165, 1.54) is 0 Å². The highest BCUT2D eigenvalue weighted by Crippen LogP contribution is 2.37. The van der Waals surface area contributed by atoms with E-state index in [1.807, 2.05) is 0 Å². The van der Waals surface area contributed by atoms with Crippen molar-refractivity contribution < 1.29 is 26.3 Å². The molecule has 0 aliphatic carbocycles. The van der Waals surface area contributed by atoms with Crippen molar-refractivity contribution >= 4 is 22.5 Å². The van der Waals surface area contributed by atoms with Crippen LogP contribution in [0.15, 0.2) is 29.3 Å². The minimum Gasteiger partial charge on any atom is -0.232 e. The first kappa shape index (κ1) is 13.8. The SMILES string of the molecule is FC(F)(F)C(Cl)=Nc1ccccc1C(F)(F)F. The predicted octanol–water partition coefficient (Wildman–Crippen LogP) is 4.54. The third-order valence-electron chi connectivity index (χ3n) is 1.66. The van der Waals surface area contributed by atoms with E-state index >= 15 is 0 Å². The van der Waals surface area contributed by atoms with Gasteiger partial charge in [0.1, 0.15) is 0 Å². The van der Waals surface area contributed by atoms with Gasteiger partial charge in [-0.3, -0.25) is 0 Å². The molecule has 1 aromatic rings. The fourth-order valence-electron chi connectivity index (χ4n) is 0.980. The van der Waals surface area contributed by atoms with Crippen molar-refractivity contribution in [3.63, 3.8) is 0 Å². The maximum Gasteiger partial charge on any atom is 0.444 e. The van der Waals surface area contributed by atoms with E-state index in [2.05, 4.69) is 4.99 Å². The number of para-hydroxylation sites is 1. The summed E-state index contributed by atoms with van der Waals surface area (Å²) in [5, 5.41) is -1.85. The maximum atomic E-state index is 12.4. The third-order valence-corrected chi connectivity index (χ3v) is 1.96. The van der Waals surface area contributed by atoms with Gasteiger partial charge in [-0.25, -0.2) is 4.99 Å². The van der Waals surface area contributed by atoms with E-state index in [9.17, 15) is 26.3 Å². The lowest BCUT2D eigenvalue weighted by Crippen LogP contribution is -2.17. The molecular weight excluding hydrogens is 272 g/mol. The zero-order chi connectivity index (χ0) is 13.3. The summed E-state index contributed by atoms with van der Waals surface area (Å²) < 4.78 is 73.3. The average molecular weight is 276 g/mol. The number of benzene rings is 1. The summed E-state index contributed by atoms with van der Waals surface area (Å²) in [6, 6.07) is 3.61. The van der Waals surface area contributed by atoms with Crippen LogP contribution in [0.2, 0.25) is 0 Å². The molecule has 0 aromatic heterocycles. The van der Waals surface area contributed by atoms with Crippen molar-refractivity contribution in [1.29, 1.82) is 0 Å². The molecule has 1 nitrogen and oxygen atoms in total. The van der Waals surface area contributed by atoms with E-state index < -0.39 is 28.8 Å². The van der Waals surface area contributed by atoms with Crippen LogP contribution in [0.3, 0.4) is 0 Å². The summed E-state index contributed by atoms with van der Waals surface area (Å²) in [6.07, 6.45) is -9.76. The van der Waals surface area contributed by atoms with Crippen molar-refractivity contribution in [3.05, 3.63) is 29.8 Å². The summed E-state index contributed by atoms with van der Waals surface area (Å²) in [5.41, 5.74) is -2.15. The fraction of sp³-hybridized carbons (Fsp3) is 0.222. The molecule has 94 valence electrons. The molecule has 0 saturated carbocycles. The van der Waals surface area contributed by atoms with Crippen molar-refractivity contribution in [3.8, 4) is 0 Å². The lowest BCUT2D eigenvalue weighted by Gasteiger charge is -2.10. The zero-order valence-electron chi connectivity index (χ0n) is 7.90. The lowest BCUT2D eigenvalue weighted by atomic mass is 10.2. The van der Waals surface area contributed by atoms with E-state index in [4.69, 9.17) is 11.6 Å². The molecule has 0 unspecified atom stereocenters. The van der Waals surface area contributed by atoms with Crippen LogP contribution < -0.4 is 0 Å². The Kier molecular flexibility index (Phi) is 3.71. The Labute approximate surface area is 96.7 Å². The molecule has 1 aromatic carbocycles. The number of hydrogen-bond donors (Lipinski definition) is 0. The molecular formula is C9H4ClF6N. The molecule has 0 aliphatic heterocycles. The van der Waals surface area contributed by atoms with Gasteiger partial charge in [0.25, 0.3) is 0 Å². The standard InChI is InChI=1S/C9H4ClF6N/c10-7(9(14,15)16)17-6-4-2-1-3-5(6)8(11,12)13/h1-4H. The van der Waals surface area contributed by atoms with Gasteiger partial charge in [-0.1, -0.05) is 23.7 Å². The Morgan fingerprint density at radius 1 is 1.00 bits per heavy atom. The minimum atomic E-state index is -4.97. The summed E-state index contributed by atoms with van der Waals surface area (Å²) in [6.45, 7) is 0. The van der Waals surface area contributed by atoms with Gasteiger partial charge in [-0.15, -0.1) is 0 Å². The van der Waals surface area contributed by atoms with E-state index in [-0.39, 0.29) is 0 Å². The second kappa shape index (κ2) is 4.56. The second-order valence-electron chi connectivity index (χ2n) is 2.92. The highest BCUT2D eigenvalue weighted by Gasteiger charge is 2.37. The van der Waals surface area contributed by atoms with Crippen LogP contribution in [0.4, 0.5) is 32.0 Å². The largest absolute Gasteiger partial charge is 0.444 e. The van der Waals surface area contributed by atoms with Crippen LogP contribution in [-0.4, -0.2) is 11.3 Å². The summed E-state index contributed by atoms with van der Waals surface area (Å²) >= 11 is 4.77. The summed E-state index contributed by atoms with van der Waals surface area (Å²) in [4.78, 5) is 2.73. The monoisotopic (exact) mass is 275 g/mol. The van der Waals surface area contributed by atoms with Crippen molar-refractivity contribution in [2.45, 2.75) is 12.4 Å². The van der Waals surface area contributed by atoms with Crippen molar-refractivity contribution in [2.75, 3.05) is 0 Å². The van der Waals surface area contributed by atoms with Crippen LogP contribution in [0.1, 0.15) is 5.56 Å². The molecule has 0 N–H and O–H groups in total. The molecule has 0 heterocycles. The van der Waals surface area contributed by atoms with Crippen LogP contribution in [0, 0.1) is 0 Å². The number of nitrogens with zero attached hydrogens (tertiary/aromatic N) is 1. The first-order valence-electron chi connectivity index (χ1n) is 4.10. The molecule has 0 atom stereocenters. The normalized spacial score (nSPS) is 13.9. The fourth-order valence-corrected chi connectivity index (χ4v) is 1.07. The molecule has 0 fully saturated rings. The van der Waals surface area contributed by atoms with E-state index in [0.717, 1.165) is 18.2 Å². The Hall–Kier alpha value is -1.24. The molecule has 8 heteroatoms. The van der Waals surface area contributed by atoms with Crippen LogP contribution in [0.5, 0.6) is 0 Å². The van der Waals surface area contributed by atoms with Gasteiger partial charge in [-0.2, -0.15) is 26.3 Å². The number of hydrogen-bond acceptors (Lipinski definition) is 1. The number of alkyl halides is 6.